The maximum absolute atomic E-state index is 10.9. The van der Waals surface area contributed by atoms with Gasteiger partial charge < -0.3 is 0 Å². The van der Waals surface area contributed by atoms with Gasteiger partial charge in [0, 0.05) is 12.0 Å². The average Bonchev–Trinajstić information content (AvgIpc) is 2.03. The molecule has 1 nitrogen and oxygen atoms in total. The topological polar surface area (TPSA) is 17.1 Å². The molecular formula is C10H14O. The van der Waals surface area contributed by atoms with Gasteiger partial charge in [-0.15, -0.1) is 0 Å². The van der Waals surface area contributed by atoms with Gasteiger partial charge in [0.1, 0.15) is 0 Å². The lowest BCUT2D eigenvalue weighted by Gasteiger charge is -1.91. The molecule has 0 aromatic carbocycles. The SMILES string of the molecule is C=C(/C=C\C=C\C)C(=O)CC. The minimum Gasteiger partial charge on any atom is -0.294 e. The van der Waals surface area contributed by atoms with E-state index in [4.69, 9.17) is 0 Å². The minimum absolute atomic E-state index is 0.103. The lowest BCUT2D eigenvalue weighted by atomic mass is 10.1. The maximum Gasteiger partial charge on any atom is 0.162 e. The second-order valence-corrected chi connectivity index (χ2v) is 2.19. The lowest BCUT2D eigenvalue weighted by Crippen LogP contribution is -1.95. The summed E-state index contributed by atoms with van der Waals surface area (Å²) in [5.74, 6) is 0.103. The van der Waals surface area contributed by atoms with E-state index in [1.807, 2.05) is 32.1 Å². The largest absolute Gasteiger partial charge is 0.294 e. The predicted molar refractivity (Wildman–Crippen MR) is 48.4 cm³/mol. The molecule has 0 amide bonds. The van der Waals surface area contributed by atoms with Crippen LogP contribution in [0.15, 0.2) is 36.5 Å². The van der Waals surface area contributed by atoms with Gasteiger partial charge in [-0.05, 0) is 6.92 Å². The summed E-state index contributed by atoms with van der Waals surface area (Å²) in [4.78, 5) is 10.9. The Hall–Kier alpha value is -1.11. The van der Waals surface area contributed by atoms with Gasteiger partial charge in [0.25, 0.3) is 0 Å². The molecule has 0 unspecified atom stereocenters. The number of allylic oxidation sites excluding steroid dienone is 5. The van der Waals surface area contributed by atoms with Gasteiger partial charge in [-0.3, -0.25) is 4.79 Å². The van der Waals surface area contributed by atoms with Crippen LogP contribution in [0.3, 0.4) is 0 Å². The number of Topliss-reactive ketones (excluding diaryl/α,β-unsaturated/α-hetero) is 1. The number of hydrogen-bond donors (Lipinski definition) is 0. The lowest BCUT2D eigenvalue weighted by molar-refractivity contribution is -0.114. The van der Waals surface area contributed by atoms with E-state index in [9.17, 15) is 4.79 Å². The van der Waals surface area contributed by atoms with Gasteiger partial charge in [0.15, 0.2) is 5.78 Å². The van der Waals surface area contributed by atoms with Crippen molar-refractivity contribution in [1.29, 1.82) is 0 Å². The molecule has 0 spiro atoms. The molecule has 0 aliphatic rings. The number of ketones is 1. The van der Waals surface area contributed by atoms with Crippen LogP contribution in [0.2, 0.25) is 0 Å². The molecular weight excluding hydrogens is 136 g/mol. The molecule has 0 N–H and O–H groups in total. The second kappa shape index (κ2) is 5.66. The van der Waals surface area contributed by atoms with E-state index < -0.39 is 0 Å². The highest BCUT2D eigenvalue weighted by molar-refractivity contribution is 5.97. The van der Waals surface area contributed by atoms with E-state index in [0.29, 0.717) is 12.0 Å². The molecule has 0 saturated heterocycles. The summed E-state index contributed by atoms with van der Waals surface area (Å²) in [7, 11) is 0. The first kappa shape index (κ1) is 9.89. The Kier molecular flexibility index (Phi) is 5.09. The molecule has 11 heavy (non-hydrogen) atoms. The van der Waals surface area contributed by atoms with Crippen molar-refractivity contribution in [2.45, 2.75) is 20.3 Å². The first-order chi connectivity index (χ1) is 5.22. The van der Waals surface area contributed by atoms with E-state index in [-0.39, 0.29) is 5.78 Å². The zero-order valence-electron chi connectivity index (χ0n) is 7.13. The summed E-state index contributed by atoms with van der Waals surface area (Å²) < 4.78 is 0. The first-order valence-electron chi connectivity index (χ1n) is 3.73. The van der Waals surface area contributed by atoms with Crippen molar-refractivity contribution in [3.63, 3.8) is 0 Å². The Morgan fingerprint density at radius 1 is 1.45 bits per heavy atom. The summed E-state index contributed by atoms with van der Waals surface area (Å²) in [5, 5.41) is 0. The summed E-state index contributed by atoms with van der Waals surface area (Å²) in [6, 6.07) is 0. The fraction of sp³-hybridized carbons (Fsp3) is 0.300. The Labute approximate surface area is 68.1 Å². The third kappa shape index (κ3) is 4.31. The molecule has 60 valence electrons. The van der Waals surface area contributed by atoms with E-state index in [0.717, 1.165) is 0 Å². The molecule has 0 bridgehead atoms. The quantitative estimate of drug-likeness (QED) is 0.445. The van der Waals surface area contributed by atoms with Crippen LogP contribution >= 0.6 is 0 Å². The zero-order chi connectivity index (χ0) is 8.69. The maximum atomic E-state index is 10.9. The smallest absolute Gasteiger partial charge is 0.162 e. The van der Waals surface area contributed by atoms with E-state index in [1.54, 1.807) is 6.08 Å². The van der Waals surface area contributed by atoms with Crippen LogP contribution in [-0.2, 0) is 4.79 Å². The van der Waals surface area contributed by atoms with Crippen LogP contribution in [0, 0.1) is 0 Å². The molecule has 1 heteroatoms. The predicted octanol–water partition coefficient (Wildman–Crippen LogP) is 2.65. The minimum atomic E-state index is 0.103. The van der Waals surface area contributed by atoms with Gasteiger partial charge in [-0.1, -0.05) is 37.8 Å². The second-order valence-electron chi connectivity index (χ2n) is 2.19. The Balaban J connectivity index is 3.97. The summed E-state index contributed by atoms with van der Waals surface area (Å²) in [6.45, 7) is 7.38. The van der Waals surface area contributed by atoms with Crippen molar-refractivity contribution in [3.05, 3.63) is 36.5 Å². The van der Waals surface area contributed by atoms with Crippen LogP contribution in [0.5, 0.6) is 0 Å². The van der Waals surface area contributed by atoms with Gasteiger partial charge in [0.05, 0.1) is 0 Å². The summed E-state index contributed by atoms with van der Waals surface area (Å²) in [6.07, 6.45) is 7.84. The highest BCUT2D eigenvalue weighted by atomic mass is 16.1. The molecule has 0 radical (unpaired) electrons. The third-order valence-corrected chi connectivity index (χ3v) is 1.28. The fourth-order valence-corrected chi connectivity index (χ4v) is 0.603. The van der Waals surface area contributed by atoms with Crippen molar-refractivity contribution >= 4 is 5.78 Å². The van der Waals surface area contributed by atoms with Crippen LogP contribution in [0.25, 0.3) is 0 Å². The molecule has 0 aromatic rings. The van der Waals surface area contributed by atoms with Gasteiger partial charge in [-0.2, -0.15) is 0 Å². The molecule has 0 saturated carbocycles. The molecule has 0 atom stereocenters. The third-order valence-electron chi connectivity index (χ3n) is 1.28. The van der Waals surface area contributed by atoms with Crippen molar-refractivity contribution in [2.75, 3.05) is 0 Å². The van der Waals surface area contributed by atoms with E-state index in [2.05, 4.69) is 6.58 Å². The zero-order valence-corrected chi connectivity index (χ0v) is 7.13. The van der Waals surface area contributed by atoms with Gasteiger partial charge in [-0.25, -0.2) is 0 Å². The van der Waals surface area contributed by atoms with Crippen molar-refractivity contribution in [2.24, 2.45) is 0 Å². The number of hydrogen-bond acceptors (Lipinski definition) is 1. The van der Waals surface area contributed by atoms with E-state index in [1.165, 1.54) is 0 Å². The number of carbonyl (C=O) groups is 1. The van der Waals surface area contributed by atoms with Crippen molar-refractivity contribution in [3.8, 4) is 0 Å². The molecule has 0 aliphatic carbocycles. The van der Waals surface area contributed by atoms with Crippen LogP contribution in [0.4, 0.5) is 0 Å². The van der Waals surface area contributed by atoms with Crippen LogP contribution in [0.1, 0.15) is 20.3 Å². The van der Waals surface area contributed by atoms with Crippen molar-refractivity contribution < 1.29 is 4.79 Å². The van der Waals surface area contributed by atoms with Crippen LogP contribution in [-0.4, -0.2) is 5.78 Å². The summed E-state index contributed by atoms with van der Waals surface area (Å²) >= 11 is 0. The monoisotopic (exact) mass is 150 g/mol. The molecule has 0 heterocycles. The number of carbonyl (C=O) groups excluding carboxylic acids is 1. The first-order valence-corrected chi connectivity index (χ1v) is 3.73. The Morgan fingerprint density at radius 2 is 2.09 bits per heavy atom. The van der Waals surface area contributed by atoms with E-state index >= 15 is 0 Å². The van der Waals surface area contributed by atoms with Gasteiger partial charge >= 0.3 is 0 Å². The Morgan fingerprint density at radius 3 is 2.55 bits per heavy atom. The van der Waals surface area contributed by atoms with Crippen molar-refractivity contribution in [1.82, 2.24) is 0 Å². The fourth-order valence-electron chi connectivity index (χ4n) is 0.603. The van der Waals surface area contributed by atoms with Crippen LogP contribution < -0.4 is 0 Å². The van der Waals surface area contributed by atoms with Gasteiger partial charge in [0.2, 0.25) is 0 Å². The molecule has 0 rings (SSSR count). The molecule has 0 aliphatic heterocycles. The number of rotatable bonds is 4. The highest BCUT2D eigenvalue weighted by Crippen LogP contribution is 1.98. The average molecular weight is 150 g/mol. The Bertz CT molecular complexity index is 197. The summed E-state index contributed by atoms with van der Waals surface area (Å²) in [5.41, 5.74) is 0.575. The molecule has 0 fully saturated rings. The standard InChI is InChI=1S/C10H14O/c1-4-6-7-8-9(3)10(11)5-2/h4,6-8H,3,5H2,1-2H3/b6-4+,8-7-. The molecule has 0 aromatic heterocycles. The normalized spacial score (nSPS) is 11.1. The highest BCUT2D eigenvalue weighted by Gasteiger charge is 1.97.